The van der Waals surface area contributed by atoms with Crippen molar-refractivity contribution in [2.24, 2.45) is 11.8 Å². The highest BCUT2D eigenvalue weighted by atomic mass is 16.2. The fourth-order valence-electron chi connectivity index (χ4n) is 4.15. The topological polar surface area (TPSA) is 78.5 Å². The fraction of sp³-hybridized carbons (Fsp3) is 0.737. The van der Waals surface area contributed by atoms with Gasteiger partial charge in [0.05, 0.1) is 0 Å². The third-order valence-electron chi connectivity index (χ3n) is 6.01. The molecule has 0 radical (unpaired) electrons. The van der Waals surface area contributed by atoms with E-state index in [1.165, 1.54) is 6.42 Å². The van der Waals surface area contributed by atoms with E-state index in [4.69, 9.17) is 0 Å². The van der Waals surface area contributed by atoms with Crippen LogP contribution in [0.25, 0.3) is 0 Å². The van der Waals surface area contributed by atoms with Crippen LogP contribution in [0.1, 0.15) is 52.4 Å². The number of carbonyl (C=O) groups is 1. The molecule has 25 heavy (non-hydrogen) atoms. The van der Waals surface area contributed by atoms with Crippen molar-refractivity contribution in [2.75, 3.05) is 29.9 Å². The molecular weight excluding hydrogens is 318 g/mol. The minimum atomic E-state index is -0.447. The van der Waals surface area contributed by atoms with Gasteiger partial charge in [-0.3, -0.25) is 14.4 Å². The molecule has 3 unspecified atom stereocenters. The summed E-state index contributed by atoms with van der Waals surface area (Å²) in [5.41, 5.74) is 0.0906. The van der Waals surface area contributed by atoms with Crippen molar-refractivity contribution >= 4 is 17.3 Å². The summed E-state index contributed by atoms with van der Waals surface area (Å²) in [6.07, 6.45) is 5.87. The molecule has 0 spiro atoms. The van der Waals surface area contributed by atoms with Crippen LogP contribution in [0, 0.1) is 11.8 Å². The van der Waals surface area contributed by atoms with Crippen molar-refractivity contribution in [2.45, 2.75) is 58.4 Å². The first-order valence-corrected chi connectivity index (χ1v) is 9.60. The lowest BCUT2D eigenvalue weighted by atomic mass is 9.78. The van der Waals surface area contributed by atoms with Crippen molar-refractivity contribution in [3.05, 3.63) is 20.4 Å². The first kappa shape index (κ1) is 18.0. The summed E-state index contributed by atoms with van der Waals surface area (Å²) in [7, 11) is 0. The number of nitrogens with one attached hydrogen (secondary N) is 2. The number of nitrogens with zero attached hydrogens (tertiary/aromatic N) is 1. The fourth-order valence-corrected chi connectivity index (χ4v) is 4.15. The second-order valence-electron chi connectivity index (χ2n) is 7.69. The highest BCUT2D eigenvalue weighted by Crippen LogP contribution is 2.29. The maximum absolute atomic E-state index is 12.2. The molecule has 1 aliphatic heterocycles. The minimum absolute atomic E-state index is 0.0138. The molecule has 6 heteroatoms. The molecule has 6 nitrogen and oxygen atoms in total. The van der Waals surface area contributed by atoms with Gasteiger partial charge in [0.15, 0.2) is 0 Å². The van der Waals surface area contributed by atoms with Crippen LogP contribution in [0.5, 0.6) is 0 Å². The Labute approximate surface area is 148 Å². The molecule has 1 saturated heterocycles. The van der Waals surface area contributed by atoms with Gasteiger partial charge in [-0.2, -0.15) is 0 Å². The largest absolute Gasteiger partial charge is 0.379 e. The Morgan fingerprint density at radius 2 is 1.80 bits per heavy atom. The van der Waals surface area contributed by atoms with Crippen LogP contribution in [-0.4, -0.2) is 31.6 Å². The van der Waals surface area contributed by atoms with Crippen molar-refractivity contribution < 1.29 is 4.79 Å². The molecule has 3 atom stereocenters. The van der Waals surface area contributed by atoms with Crippen molar-refractivity contribution in [1.29, 1.82) is 0 Å². The lowest BCUT2D eigenvalue weighted by Crippen LogP contribution is -2.44. The zero-order valence-electron chi connectivity index (χ0n) is 15.3. The average Bonchev–Trinajstić information content (AvgIpc) is 3.11. The van der Waals surface area contributed by atoms with Crippen molar-refractivity contribution in [3.63, 3.8) is 0 Å². The number of amides is 1. The van der Waals surface area contributed by atoms with Gasteiger partial charge in [0, 0.05) is 32.1 Å². The van der Waals surface area contributed by atoms with Crippen molar-refractivity contribution in [3.8, 4) is 0 Å². The molecule has 1 aliphatic carbocycles. The quantitative estimate of drug-likeness (QED) is 0.765. The molecule has 2 N–H and O–H groups in total. The van der Waals surface area contributed by atoms with Crippen LogP contribution >= 0.6 is 0 Å². The van der Waals surface area contributed by atoms with Gasteiger partial charge in [-0.1, -0.05) is 26.7 Å². The summed E-state index contributed by atoms with van der Waals surface area (Å²) in [6.45, 7) is 6.50. The zero-order valence-corrected chi connectivity index (χ0v) is 15.3. The van der Waals surface area contributed by atoms with Crippen LogP contribution in [-0.2, 0) is 4.79 Å². The summed E-state index contributed by atoms with van der Waals surface area (Å²) in [5, 5.41) is 6.16. The lowest BCUT2D eigenvalue weighted by molar-refractivity contribution is -0.122. The molecule has 1 heterocycles. The standard InChI is InChI=1S/C19H29N3O3/c1-12-6-5-7-14(13(12)2)21-15(23)8-9-20-16-17(19(25)18(16)24)22-10-3-4-11-22/h12-14,20H,3-11H2,1-2H3,(H,21,23). The molecule has 2 aliphatic rings. The van der Waals surface area contributed by atoms with Gasteiger partial charge < -0.3 is 15.5 Å². The van der Waals surface area contributed by atoms with Crippen LogP contribution < -0.4 is 26.4 Å². The summed E-state index contributed by atoms with van der Waals surface area (Å²) >= 11 is 0. The molecular formula is C19H29N3O3. The first-order chi connectivity index (χ1) is 12.0. The predicted octanol–water partition coefficient (Wildman–Crippen LogP) is 1.63. The van der Waals surface area contributed by atoms with E-state index in [0.717, 1.165) is 38.8 Å². The summed E-state index contributed by atoms with van der Waals surface area (Å²) in [4.78, 5) is 37.8. The van der Waals surface area contributed by atoms with Gasteiger partial charge in [-0.25, -0.2) is 0 Å². The Morgan fingerprint density at radius 3 is 2.52 bits per heavy atom. The van der Waals surface area contributed by atoms with Gasteiger partial charge in [-0.05, 0) is 31.1 Å². The molecule has 0 bridgehead atoms. The van der Waals surface area contributed by atoms with Crippen LogP contribution in [0.4, 0.5) is 11.4 Å². The average molecular weight is 347 g/mol. The van der Waals surface area contributed by atoms with Crippen LogP contribution in [0.2, 0.25) is 0 Å². The van der Waals surface area contributed by atoms with E-state index in [0.29, 0.717) is 36.2 Å². The maximum Gasteiger partial charge on any atom is 0.253 e. The van der Waals surface area contributed by atoms with Crippen LogP contribution in [0.3, 0.4) is 0 Å². The Balaban J connectivity index is 1.48. The number of hydrogen-bond donors (Lipinski definition) is 2. The molecule has 2 fully saturated rings. The number of carbonyl (C=O) groups excluding carboxylic acids is 1. The van der Waals surface area contributed by atoms with Gasteiger partial charge in [0.25, 0.3) is 10.9 Å². The molecule has 1 amide bonds. The monoisotopic (exact) mass is 347 g/mol. The summed E-state index contributed by atoms with van der Waals surface area (Å²) in [5.74, 6) is 1.16. The van der Waals surface area contributed by atoms with Gasteiger partial charge >= 0.3 is 0 Å². The Bertz CT molecular complexity index is 686. The van der Waals surface area contributed by atoms with E-state index in [-0.39, 0.29) is 17.4 Å². The summed E-state index contributed by atoms with van der Waals surface area (Å²) < 4.78 is 0. The Kier molecular flexibility index (Phi) is 5.45. The first-order valence-electron chi connectivity index (χ1n) is 9.60. The Morgan fingerprint density at radius 1 is 1.08 bits per heavy atom. The SMILES string of the molecule is CC1CCCC(NC(=O)CCNc2c(N3CCCC3)c(=O)c2=O)C1C. The van der Waals surface area contributed by atoms with E-state index >= 15 is 0 Å². The number of rotatable bonds is 6. The maximum atomic E-state index is 12.2. The molecule has 0 aromatic heterocycles. The third-order valence-corrected chi connectivity index (χ3v) is 6.01. The summed E-state index contributed by atoms with van der Waals surface area (Å²) in [6, 6.07) is 0.252. The Hall–Kier alpha value is -1.85. The molecule has 1 aromatic rings. The normalized spacial score (nSPS) is 26.8. The van der Waals surface area contributed by atoms with Gasteiger partial charge in [0.1, 0.15) is 11.4 Å². The van der Waals surface area contributed by atoms with Gasteiger partial charge in [-0.15, -0.1) is 0 Å². The van der Waals surface area contributed by atoms with E-state index in [9.17, 15) is 14.4 Å². The predicted molar refractivity (Wildman–Crippen MR) is 100 cm³/mol. The van der Waals surface area contributed by atoms with E-state index < -0.39 is 5.43 Å². The highest BCUT2D eigenvalue weighted by molar-refractivity contribution is 5.78. The minimum Gasteiger partial charge on any atom is -0.379 e. The smallest absolute Gasteiger partial charge is 0.253 e. The second kappa shape index (κ2) is 7.58. The number of anilines is 2. The van der Waals surface area contributed by atoms with Gasteiger partial charge in [0.2, 0.25) is 5.91 Å². The van der Waals surface area contributed by atoms with E-state index in [1.54, 1.807) is 0 Å². The molecule has 1 aromatic carbocycles. The molecule has 138 valence electrons. The third kappa shape index (κ3) is 3.72. The van der Waals surface area contributed by atoms with E-state index in [2.05, 4.69) is 24.5 Å². The number of hydrogen-bond acceptors (Lipinski definition) is 5. The molecule has 3 rings (SSSR count). The zero-order chi connectivity index (χ0) is 18.0. The van der Waals surface area contributed by atoms with Crippen molar-refractivity contribution in [1.82, 2.24) is 5.32 Å². The highest BCUT2D eigenvalue weighted by Gasteiger charge is 2.29. The van der Waals surface area contributed by atoms with E-state index in [1.807, 2.05) is 4.90 Å². The van der Waals surface area contributed by atoms with Crippen LogP contribution in [0.15, 0.2) is 9.59 Å². The molecule has 1 saturated carbocycles. The lowest BCUT2D eigenvalue weighted by Gasteiger charge is -2.34. The second-order valence-corrected chi connectivity index (χ2v) is 7.69.